The third-order valence-electron chi connectivity index (χ3n) is 8.10. The van der Waals surface area contributed by atoms with Gasteiger partial charge in [-0.25, -0.2) is 0 Å². The third-order valence-corrected chi connectivity index (χ3v) is 8.10. The highest BCUT2D eigenvalue weighted by Gasteiger charge is 2.38. The summed E-state index contributed by atoms with van der Waals surface area (Å²) in [5.41, 5.74) is 6.54. The van der Waals surface area contributed by atoms with Crippen molar-refractivity contribution in [3.8, 4) is 5.75 Å². The summed E-state index contributed by atoms with van der Waals surface area (Å²) in [6.45, 7) is 8.49. The van der Waals surface area contributed by atoms with Gasteiger partial charge in [-0.2, -0.15) is 0 Å². The minimum absolute atomic E-state index is 0.0692. The van der Waals surface area contributed by atoms with Crippen LogP contribution in [0.1, 0.15) is 83.6 Å². The van der Waals surface area contributed by atoms with Crippen LogP contribution in [0.2, 0.25) is 0 Å². The number of aromatic hydroxyl groups is 1. The Morgan fingerprint density at radius 1 is 1.18 bits per heavy atom. The Morgan fingerprint density at radius 2 is 1.94 bits per heavy atom. The van der Waals surface area contributed by atoms with Crippen LogP contribution in [0.3, 0.4) is 0 Å². The van der Waals surface area contributed by atoms with Crippen LogP contribution in [0.5, 0.6) is 5.75 Å². The first kappa shape index (κ1) is 25.5. The van der Waals surface area contributed by atoms with Crippen LogP contribution in [0.15, 0.2) is 24.3 Å². The monoisotopic (exact) mass is 457 g/mol. The first-order chi connectivity index (χ1) is 15.8. The van der Waals surface area contributed by atoms with Gasteiger partial charge in [0, 0.05) is 32.0 Å². The number of carbonyl (C=O) groups excluding carboxylic acids is 2. The lowest BCUT2D eigenvalue weighted by molar-refractivity contribution is -0.134. The Labute approximate surface area is 199 Å². The van der Waals surface area contributed by atoms with E-state index in [9.17, 15) is 14.7 Å². The predicted molar refractivity (Wildman–Crippen MR) is 132 cm³/mol. The Kier molecular flexibility index (Phi) is 9.19. The molecule has 6 heteroatoms. The van der Waals surface area contributed by atoms with Crippen molar-refractivity contribution in [3.63, 3.8) is 0 Å². The molecule has 2 atom stereocenters. The molecule has 6 nitrogen and oxygen atoms in total. The molecule has 0 radical (unpaired) electrons. The molecule has 184 valence electrons. The number of carbonyl (C=O) groups is 2. The fraction of sp³-hybridized carbons (Fsp3) is 0.704. The number of rotatable bonds is 10. The maximum Gasteiger partial charge on any atom is 0.222 e. The van der Waals surface area contributed by atoms with Gasteiger partial charge in [-0.05, 0) is 74.2 Å². The molecule has 3 N–H and O–H groups in total. The minimum Gasteiger partial charge on any atom is -0.508 e. The molecular weight excluding hydrogens is 414 g/mol. The van der Waals surface area contributed by atoms with Gasteiger partial charge in [0.1, 0.15) is 5.75 Å². The van der Waals surface area contributed by atoms with Gasteiger partial charge in [-0.3, -0.25) is 9.59 Å². The molecule has 2 aliphatic rings. The lowest BCUT2D eigenvalue weighted by atomic mass is 9.68. The summed E-state index contributed by atoms with van der Waals surface area (Å²) in [6, 6.07) is 8.08. The maximum absolute atomic E-state index is 13.0. The van der Waals surface area contributed by atoms with E-state index in [2.05, 4.69) is 29.7 Å². The summed E-state index contributed by atoms with van der Waals surface area (Å²) in [5, 5.41) is 9.93. The molecule has 3 rings (SSSR count). The van der Waals surface area contributed by atoms with E-state index in [0.29, 0.717) is 30.6 Å². The maximum atomic E-state index is 13.0. The first-order valence-electron chi connectivity index (χ1n) is 12.9. The Bertz CT molecular complexity index is 793. The smallest absolute Gasteiger partial charge is 0.222 e. The average Bonchev–Trinajstić information content (AvgIpc) is 2.79. The lowest BCUT2D eigenvalue weighted by Crippen LogP contribution is -2.48. The van der Waals surface area contributed by atoms with Crippen LogP contribution in [0, 0.1) is 5.92 Å². The van der Waals surface area contributed by atoms with Gasteiger partial charge >= 0.3 is 0 Å². The van der Waals surface area contributed by atoms with Crippen LogP contribution in [0.4, 0.5) is 0 Å². The molecule has 0 spiro atoms. The van der Waals surface area contributed by atoms with E-state index in [1.54, 1.807) is 6.07 Å². The van der Waals surface area contributed by atoms with Crippen LogP contribution in [-0.4, -0.2) is 58.9 Å². The summed E-state index contributed by atoms with van der Waals surface area (Å²) in [6.07, 6.45) is 9.17. The van der Waals surface area contributed by atoms with Gasteiger partial charge in [0.05, 0.1) is 0 Å². The topological polar surface area (TPSA) is 86.9 Å². The second-order valence-corrected chi connectivity index (χ2v) is 10.5. The summed E-state index contributed by atoms with van der Waals surface area (Å²) < 4.78 is 0. The number of benzene rings is 1. The number of hydrogen-bond acceptors (Lipinski definition) is 4. The van der Waals surface area contributed by atoms with Gasteiger partial charge in [0.15, 0.2) is 0 Å². The van der Waals surface area contributed by atoms with Crippen molar-refractivity contribution < 1.29 is 14.7 Å². The van der Waals surface area contributed by atoms with Crippen molar-refractivity contribution in [1.82, 2.24) is 9.80 Å². The highest BCUT2D eigenvalue weighted by Crippen LogP contribution is 2.40. The number of hydrogen-bond donors (Lipinski definition) is 2. The number of phenolic OH excluding ortho intramolecular Hbond substituents is 1. The number of primary amides is 1. The summed E-state index contributed by atoms with van der Waals surface area (Å²) in [5.74, 6) is 0.681. The molecule has 1 saturated heterocycles. The van der Waals surface area contributed by atoms with E-state index in [-0.39, 0.29) is 23.7 Å². The molecule has 0 unspecified atom stereocenters. The molecule has 2 fully saturated rings. The number of likely N-dealkylation sites (tertiary alicyclic amines) is 1. The number of piperidine rings is 1. The number of phenols is 1. The third kappa shape index (κ3) is 6.95. The molecule has 1 aromatic rings. The van der Waals surface area contributed by atoms with Crippen molar-refractivity contribution in [3.05, 3.63) is 29.8 Å². The zero-order valence-corrected chi connectivity index (χ0v) is 20.6. The fourth-order valence-corrected chi connectivity index (χ4v) is 5.74. The van der Waals surface area contributed by atoms with E-state index in [4.69, 9.17) is 5.73 Å². The average molecular weight is 458 g/mol. The molecule has 1 aliphatic heterocycles. The number of nitrogens with two attached hydrogens (primary N) is 1. The normalized spacial score (nSPS) is 24.5. The van der Waals surface area contributed by atoms with Gasteiger partial charge < -0.3 is 20.6 Å². The predicted octanol–water partition coefficient (Wildman–Crippen LogP) is 4.20. The minimum atomic E-state index is -0.330. The molecule has 1 saturated carbocycles. The summed E-state index contributed by atoms with van der Waals surface area (Å²) in [4.78, 5) is 28.7. The van der Waals surface area contributed by atoms with Crippen molar-refractivity contribution >= 4 is 11.8 Å². The number of amides is 2. The van der Waals surface area contributed by atoms with Crippen LogP contribution < -0.4 is 5.73 Å². The highest BCUT2D eigenvalue weighted by molar-refractivity contribution is 5.78. The van der Waals surface area contributed by atoms with Gasteiger partial charge in [-0.15, -0.1) is 0 Å². The Balaban J connectivity index is 1.52. The Hall–Kier alpha value is -2.08. The van der Waals surface area contributed by atoms with Crippen LogP contribution >= 0.6 is 0 Å². The Morgan fingerprint density at radius 3 is 2.61 bits per heavy atom. The molecular formula is C27H43N3O3. The van der Waals surface area contributed by atoms with E-state index in [0.717, 1.165) is 51.9 Å². The molecule has 2 amide bonds. The standard InChI is InChI=1S/C27H43N3O3/c1-21-20-29(18-15-27(21,2)22-9-6-12-24(31)19-22)16-8-17-30(23-10-4-3-5-11-23)26(33)14-7-13-25(28)32/h6,9,12,19,21,23,31H,3-5,7-8,10-11,13-18,20H2,1-2H3,(H2,28,32)/t21-,27-/m0/s1. The van der Waals surface area contributed by atoms with Gasteiger partial charge in [0.25, 0.3) is 0 Å². The molecule has 0 bridgehead atoms. The first-order valence-corrected chi connectivity index (χ1v) is 12.9. The highest BCUT2D eigenvalue weighted by atomic mass is 16.3. The van der Waals surface area contributed by atoms with E-state index in [1.165, 1.54) is 24.8 Å². The zero-order valence-electron chi connectivity index (χ0n) is 20.6. The second kappa shape index (κ2) is 11.9. The van der Waals surface area contributed by atoms with Crippen molar-refractivity contribution in [2.45, 2.75) is 89.5 Å². The molecule has 1 heterocycles. The van der Waals surface area contributed by atoms with Crippen LogP contribution in [0.25, 0.3) is 0 Å². The fourth-order valence-electron chi connectivity index (χ4n) is 5.74. The SMILES string of the molecule is C[C@H]1CN(CCCN(C(=O)CCCC(N)=O)C2CCCCC2)CC[C@]1(C)c1cccc(O)c1. The van der Waals surface area contributed by atoms with E-state index >= 15 is 0 Å². The quantitative estimate of drug-likeness (QED) is 0.551. The van der Waals surface area contributed by atoms with Crippen molar-refractivity contribution in [2.75, 3.05) is 26.2 Å². The largest absolute Gasteiger partial charge is 0.508 e. The van der Waals surface area contributed by atoms with E-state index < -0.39 is 0 Å². The summed E-state index contributed by atoms with van der Waals surface area (Å²) >= 11 is 0. The zero-order chi connectivity index (χ0) is 23.8. The molecule has 33 heavy (non-hydrogen) atoms. The summed E-state index contributed by atoms with van der Waals surface area (Å²) in [7, 11) is 0. The van der Waals surface area contributed by atoms with Gasteiger partial charge in [-0.1, -0.05) is 45.2 Å². The van der Waals surface area contributed by atoms with Crippen LogP contribution in [-0.2, 0) is 15.0 Å². The number of nitrogens with zero attached hydrogens (tertiary/aromatic N) is 2. The lowest BCUT2D eigenvalue weighted by Gasteiger charge is -2.45. The second-order valence-electron chi connectivity index (χ2n) is 10.5. The molecule has 1 aliphatic carbocycles. The van der Waals surface area contributed by atoms with Gasteiger partial charge in [0.2, 0.25) is 11.8 Å². The molecule has 1 aromatic carbocycles. The van der Waals surface area contributed by atoms with Crippen molar-refractivity contribution in [2.24, 2.45) is 11.7 Å². The van der Waals surface area contributed by atoms with Crippen molar-refractivity contribution in [1.29, 1.82) is 0 Å². The molecule has 0 aromatic heterocycles. The van der Waals surface area contributed by atoms with E-state index in [1.807, 2.05) is 12.1 Å².